The minimum atomic E-state index is 1.04. The van der Waals surface area contributed by atoms with Crippen LogP contribution in [0.4, 0.5) is 5.69 Å². The number of nitrogens with zero attached hydrogens (tertiary/aromatic N) is 1. The average molecular weight is 210 g/mol. The van der Waals surface area contributed by atoms with Crippen LogP contribution in [0.1, 0.15) is 25.0 Å². The summed E-state index contributed by atoms with van der Waals surface area (Å²) in [7, 11) is 0. The van der Waals surface area contributed by atoms with Crippen molar-refractivity contribution in [3.8, 4) is 0 Å². The fourth-order valence-corrected chi connectivity index (χ4v) is 2.79. The summed E-state index contributed by atoms with van der Waals surface area (Å²) in [6.07, 6.45) is 0. The van der Waals surface area contributed by atoms with E-state index in [1.807, 2.05) is 0 Å². The highest BCUT2D eigenvalue weighted by Gasteiger charge is 2.27. The third-order valence-electron chi connectivity index (χ3n) is 3.64. The van der Waals surface area contributed by atoms with E-state index < -0.39 is 0 Å². The van der Waals surface area contributed by atoms with E-state index in [0.717, 1.165) is 6.54 Å². The SMILES string of the molecule is CC[N+]1=C(C)c2cccc3c(C)ccc1c23. The highest BCUT2D eigenvalue weighted by Crippen LogP contribution is 2.36. The fourth-order valence-electron chi connectivity index (χ4n) is 2.79. The Hall–Kier alpha value is -1.63. The molecular weight excluding hydrogens is 194 g/mol. The molecule has 0 atom stereocenters. The summed E-state index contributed by atoms with van der Waals surface area (Å²) in [4.78, 5) is 0. The van der Waals surface area contributed by atoms with Gasteiger partial charge in [-0.05, 0) is 30.9 Å². The van der Waals surface area contributed by atoms with Crippen LogP contribution in [0.2, 0.25) is 0 Å². The van der Waals surface area contributed by atoms with Crippen LogP contribution in [0, 0.1) is 6.92 Å². The van der Waals surface area contributed by atoms with Gasteiger partial charge < -0.3 is 0 Å². The van der Waals surface area contributed by atoms with E-state index >= 15 is 0 Å². The van der Waals surface area contributed by atoms with Crippen molar-refractivity contribution < 1.29 is 4.58 Å². The van der Waals surface area contributed by atoms with Gasteiger partial charge in [0.05, 0.1) is 10.9 Å². The van der Waals surface area contributed by atoms with Crippen molar-refractivity contribution in [3.63, 3.8) is 0 Å². The smallest absolute Gasteiger partial charge is 0.196 e. The molecule has 0 fully saturated rings. The summed E-state index contributed by atoms with van der Waals surface area (Å²) in [5.41, 5.74) is 5.52. The molecule has 1 heteroatoms. The zero-order chi connectivity index (χ0) is 11.3. The Morgan fingerprint density at radius 1 is 1.06 bits per heavy atom. The lowest BCUT2D eigenvalue weighted by Crippen LogP contribution is -2.09. The predicted octanol–water partition coefficient (Wildman–Crippen LogP) is 3.63. The largest absolute Gasteiger partial charge is 0.214 e. The molecule has 1 nitrogen and oxygen atoms in total. The van der Waals surface area contributed by atoms with Gasteiger partial charge in [-0.2, -0.15) is 4.58 Å². The second-order valence-corrected chi connectivity index (χ2v) is 4.46. The zero-order valence-electron chi connectivity index (χ0n) is 10.0. The van der Waals surface area contributed by atoms with Gasteiger partial charge in [-0.25, -0.2) is 0 Å². The Bertz CT molecular complexity index is 621. The Morgan fingerprint density at radius 3 is 2.62 bits per heavy atom. The monoisotopic (exact) mass is 210 g/mol. The van der Waals surface area contributed by atoms with Crippen molar-refractivity contribution in [2.24, 2.45) is 0 Å². The van der Waals surface area contributed by atoms with E-state index in [9.17, 15) is 0 Å². The summed E-state index contributed by atoms with van der Waals surface area (Å²) in [6.45, 7) is 7.65. The maximum absolute atomic E-state index is 2.40. The van der Waals surface area contributed by atoms with Crippen molar-refractivity contribution in [3.05, 3.63) is 41.5 Å². The molecule has 2 aromatic rings. The molecule has 3 rings (SSSR count). The highest BCUT2D eigenvalue weighted by molar-refractivity contribution is 6.15. The third kappa shape index (κ3) is 1.03. The number of benzene rings is 2. The summed E-state index contributed by atoms with van der Waals surface area (Å²) >= 11 is 0. The number of aryl methyl sites for hydroxylation is 1. The lowest BCUT2D eigenvalue weighted by Gasteiger charge is -2.01. The van der Waals surface area contributed by atoms with E-state index in [2.05, 4.69) is 55.7 Å². The second kappa shape index (κ2) is 3.18. The third-order valence-corrected chi connectivity index (χ3v) is 3.64. The first-order valence-corrected chi connectivity index (χ1v) is 5.88. The Balaban J connectivity index is 2.51. The van der Waals surface area contributed by atoms with Crippen LogP contribution in [0.3, 0.4) is 0 Å². The minimum Gasteiger partial charge on any atom is -0.196 e. The van der Waals surface area contributed by atoms with Crippen LogP contribution in [-0.2, 0) is 0 Å². The van der Waals surface area contributed by atoms with Gasteiger partial charge >= 0.3 is 0 Å². The zero-order valence-corrected chi connectivity index (χ0v) is 10.0. The van der Waals surface area contributed by atoms with Gasteiger partial charge in [0.2, 0.25) is 5.69 Å². The van der Waals surface area contributed by atoms with Gasteiger partial charge in [0.1, 0.15) is 6.54 Å². The molecule has 0 aromatic heterocycles. The van der Waals surface area contributed by atoms with Gasteiger partial charge in [0, 0.05) is 13.0 Å². The first-order valence-electron chi connectivity index (χ1n) is 5.88. The van der Waals surface area contributed by atoms with Crippen LogP contribution in [0.25, 0.3) is 10.8 Å². The normalized spacial score (nSPS) is 13.9. The van der Waals surface area contributed by atoms with Gasteiger partial charge in [-0.15, -0.1) is 0 Å². The Kier molecular flexibility index (Phi) is 1.90. The number of hydrogen-bond donors (Lipinski definition) is 0. The second-order valence-electron chi connectivity index (χ2n) is 4.46. The molecule has 80 valence electrons. The molecule has 0 radical (unpaired) electrons. The van der Waals surface area contributed by atoms with Gasteiger partial charge in [0.15, 0.2) is 5.71 Å². The molecule has 0 N–H and O–H groups in total. The van der Waals surface area contributed by atoms with Crippen molar-refractivity contribution >= 4 is 22.2 Å². The van der Waals surface area contributed by atoms with Crippen LogP contribution in [0.15, 0.2) is 30.3 Å². The predicted molar refractivity (Wildman–Crippen MR) is 68.9 cm³/mol. The van der Waals surface area contributed by atoms with Gasteiger partial charge in [0.25, 0.3) is 0 Å². The molecule has 1 aliphatic heterocycles. The Morgan fingerprint density at radius 2 is 1.88 bits per heavy atom. The topological polar surface area (TPSA) is 3.01 Å². The maximum atomic E-state index is 2.40. The molecule has 1 heterocycles. The van der Waals surface area contributed by atoms with Crippen LogP contribution in [0.5, 0.6) is 0 Å². The molecule has 1 aliphatic rings. The molecule has 0 amide bonds. The van der Waals surface area contributed by atoms with Gasteiger partial charge in [-0.3, -0.25) is 0 Å². The molecule has 0 bridgehead atoms. The summed E-state index contributed by atoms with van der Waals surface area (Å²) in [5.74, 6) is 0. The lowest BCUT2D eigenvalue weighted by atomic mass is 9.99. The molecular formula is C15H16N+. The van der Waals surface area contributed by atoms with Crippen molar-refractivity contribution in [1.29, 1.82) is 0 Å². The van der Waals surface area contributed by atoms with E-state index in [4.69, 9.17) is 0 Å². The molecule has 0 aliphatic carbocycles. The minimum absolute atomic E-state index is 1.04. The fraction of sp³-hybridized carbons (Fsp3) is 0.267. The van der Waals surface area contributed by atoms with E-state index in [1.165, 1.54) is 33.3 Å². The van der Waals surface area contributed by atoms with Crippen molar-refractivity contribution in [2.75, 3.05) is 6.54 Å². The van der Waals surface area contributed by atoms with Gasteiger partial charge in [-0.1, -0.05) is 18.2 Å². The van der Waals surface area contributed by atoms with Crippen molar-refractivity contribution in [1.82, 2.24) is 0 Å². The molecule has 16 heavy (non-hydrogen) atoms. The molecule has 0 unspecified atom stereocenters. The molecule has 0 saturated heterocycles. The lowest BCUT2D eigenvalue weighted by molar-refractivity contribution is -0.432. The quantitative estimate of drug-likeness (QED) is 0.632. The number of hydrogen-bond acceptors (Lipinski definition) is 0. The van der Waals surface area contributed by atoms with E-state index in [0.29, 0.717) is 0 Å². The summed E-state index contributed by atoms with van der Waals surface area (Å²) < 4.78 is 2.40. The molecule has 2 aromatic carbocycles. The van der Waals surface area contributed by atoms with Crippen LogP contribution >= 0.6 is 0 Å². The van der Waals surface area contributed by atoms with E-state index in [1.54, 1.807) is 0 Å². The summed E-state index contributed by atoms with van der Waals surface area (Å²) in [6, 6.07) is 11.1. The first kappa shape index (κ1) is 9.59. The van der Waals surface area contributed by atoms with Crippen molar-refractivity contribution in [2.45, 2.75) is 20.8 Å². The number of rotatable bonds is 1. The maximum Gasteiger partial charge on any atom is 0.214 e. The summed E-state index contributed by atoms with van der Waals surface area (Å²) in [5, 5.41) is 2.83. The van der Waals surface area contributed by atoms with Crippen LogP contribution in [-0.4, -0.2) is 16.8 Å². The highest BCUT2D eigenvalue weighted by atomic mass is 15.0. The molecule has 0 spiro atoms. The average Bonchev–Trinajstić information content (AvgIpc) is 2.59. The van der Waals surface area contributed by atoms with E-state index in [-0.39, 0.29) is 0 Å². The molecule has 0 saturated carbocycles. The van der Waals surface area contributed by atoms with Crippen LogP contribution < -0.4 is 0 Å². The first-order chi connectivity index (χ1) is 7.74. The standard InChI is InChI=1S/C15H16N/c1-4-16-11(3)13-7-5-6-12-10(2)8-9-14(16)15(12)13/h5-9H,4H2,1-3H3/q+1. The Labute approximate surface area is 96.0 Å².